The van der Waals surface area contributed by atoms with Gasteiger partial charge < -0.3 is 4.90 Å². The van der Waals surface area contributed by atoms with E-state index in [-0.39, 0.29) is 0 Å². The zero-order valence-electron chi connectivity index (χ0n) is 8.38. The third-order valence-electron chi connectivity index (χ3n) is 1.30. The van der Waals surface area contributed by atoms with Crippen LogP contribution in [0.1, 0.15) is 27.2 Å². The van der Waals surface area contributed by atoms with E-state index in [0.29, 0.717) is 0 Å². The first kappa shape index (κ1) is 11.0. The van der Waals surface area contributed by atoms with Gasteiger partial charge in [0, 0.05) is 12.7 Å². The van der Waals surface area contributed by atoms with E-state index in [2.05, 4.69) is 50.7 Å². The average molecular weight is 165 g/mol. The van der Waals surface area contributed by atoms with E-state index >= 15 is 0 Å². The second-order valence-electron chi connectivity index (χ2n) is 2.98. The maximum absolute atomic E-state index is 3.71. The molecule has 0 radical (unpaired) electrons. The van der Waals surface area contributed by atoms with Crippen molar-refractivity contribution in [3.05, 3.63) is 36.7 Å². The second-order valence-corrected chi connectivity index (χ2v) is 2.98. The summed E-state index contributed by atoms with van der Waals surface area (Å²) in [5, 5.41) is 0. The summed E-state index contributed by atoms with van der Waals surface area (Å²) in [4.78, 5) is 2.13. The van der Waals surface area contributed by atoms with Gasteiger partial charge in [0.05, 0.1) is 0 Å². The molecule has 0 unspecified atom stereocenters. The van der Waals surface area contributed by atoms with Crippen LogP contribution in [0.3, 0.4) is 0 Å². The van der Waals surface area contributed by atoms with Gasteiger partial charge in [-0.05, 0) is 26.5 Å². The monoisotopic (exact) mass is 165 g/mol. The fourth-order valence-electron chi connectivity index (χ4n) is 0.878. The average Bonchev–Trinajstić information content (AvgIpc) is 2.00. The molecule has 0 aliphatic rings. The zero-order valence-corrected chi connectivity index (χ0v) is 8.38. The Morgan fingerprint density at radius 1 is 1.42 bits per heavy atom. The number of hydrogen-bond acceptors (Lipinski definition) is 1. The quantitative estimate of drug-likeness (QED) is 0.565. The number of hydrogen-bond donors (Lipinski definition) is 0. The lowest BCUT2D eigenvalue weighted by Crippen LogP contribution is -2.09. The Morgan fingerprint density at radius 2 is 2.08 bits per heavy atom. The molecule has 12 heavy (non-hydrogen) atoms. The molecular formula is C11H19N. The molecule has 0 atom stereocenters. The van der Waals surface area contributed by atoms with Gasteiger partial charge in [-0.1, -0.05) is 24.6 Å². The molecule has 0 spiro atoms. The summed E-state index contributed by atoms with van der Waals surface area (Å²) in [6.07, 6.45) is 9.33. The minimum atomic E-state index is 0.877. The molecule has 0 saturated carbocycles. The van der Waals surface area contributed by atoms with Crippen molar-refractivity contribution >= 4 is 0 Å². The lowest BCUT2D eigenvalue weighted by Gasteiger charge is -2.13. The van der Waals surface area contributed by atoms with E-state index in [0.717, 1.165) is 13.0 Å². The lowest BCUT2D eigenvalue weighted by atomic mass is 10.3. The summed E-state index contributed by atoms with van der Waals surface area (Å²) in [6, 6.07) is 0. The van der Waals surface area contributed by atoms with Crippen molar-refractivity contribution in [3.63, 3.8) is 0 Å². The van der Waals surface area contributed by atoms with Crippen LogP contribution in [0.2, 0.25) is 0 Å². The smallest absolute Gasteiger partial charge is 0.0397 e. The Labute approximate surface area is 76.1 Å². The highest BCUT2D eigenvalue weighted by atomic mass is 15.1. The van der Waals surface area contributed by atoms with Gasteiger partial charge in [-0.25, -0.2) is 0 Å². The molecule has 68 valence electrons. The molecule has 0 aliphatic heterocycles. The van der Waals surface area contributed by atoms with Crippen molar-refractivity contribution in [2.24, 2.45) is 0 Å². The maximum Gasteiger partial charge on any atom is 0.0397 e. The molecule has 0 aliphatic carbocycles. The zero-order chi connectivity index (χ0) is 9.40. The van der Waals surface area contributed by atoms with Crippen molar-refractivity contribution in [1.29, 1.82) is 0 Å². The molecular weight excluding hydrogens is 146 g/mol. The van der Waals surface area contributed by atoms with Crippen LogP contribution < -0.4 is 0 Å². The summed E-state index contributed by atoms with van der Waals surface area (Å²) in [5.74, 6) is 0. The van der Waals surface area contributed by atoms with Crippen molar-refractivity contribution in [1.82, 2.24) is 4.90 Å². The molecule has 0 aromatic carbocycles. The molecule has 1 nitrogen and oxygen atoms in total. The Balaban J connectivity index is 4.12. The highest BCUT2D eigenvalue weighted by Crippen LogP contribution is 1.98. The van der Waals surface area contributed by atoms with Gasteiger partial charge in [0.2, 0.25) is 0 Å². The van der Waals surface area contributed by atoms with E-state index in [4.69, 9.17) is 0 Å². The Morgan fingerprint density at radius 3 is 2.50 bits per heavy atom. The molecule has 1 heteroatoms. The van der Waals surface area contributed by atoms with E-state index in [1.54, 1.807) is 0 Å². The van der Waals surface area contributed by atoms with Crippen molar-refractivity contribution in [3.8, 4) is 0 Å². The van der Waals surface area contributed by atoms with Crippen molar-refractivity contribution in [2.75, 3.05) is 6.54 Å². The Kier molecular flexibility index (Phi) is 6.16. The van der Waals surface area contributed by atoms with Gasteiger partial charge in [0.1, 0.15) is 0 Å². The molecule has 0 fully saturated rings. The predicted octanol–water partition coefficient (Wildman–Crippen LogP) is 3.32. The van der Waals surface area contributed by atoms with Gasteiger partial charge in [0.15, 0.2) is 0 Å². The van der Waals surface area contributed by atoms with Gasteiger partial charge in [-0.15, -0.1) is 6.58 Å². The first-order valence-electron chi connectivity index (χ1n) is 4.39. The fraction of sp³-hybridized carbons (Fsp3) is 0.455. The molecule has 0 saturated heterocycles. The molecule has 0 bridgehead atoms. The molecule has 0 aromatic rings. The largest absolute Gasteiger partial charge is 0.351 e. The van der Waals surface area contributed by atoms with E-state index in [1.807, 2.05) is 6.08 Å². The molecule has 0 aromatic heterocycles. The van der Waals surface area contributed by atoms with Crippen LogP contribution in [-0.4, -0.2) is 11.4 Å². The SMILES string of the molecule is C=CCN(C=C(C)C)/C=C/CC. The fourth-order valence-corrected chi connectivity index (χ4v) is 0.878. The lowest BCUT2D eigenvalue weighted by molar-refractivity contribution is 0.559. The van der Waals surface area contributed by atoms with Crippen molar-refractivity contribution < 1.29 is 0 Å². The minimum Gasteiger partial charge on any atom is -0.351 e. The Bertz CT molecular complexity index is 173. The third kappa shape index (κ3) is 5.78. The van der Waals surface area contributed by atoms with Gasteiger partial charge >= 0.3 is 0 Å². The minimum absolute atomic E-state index is 0.877. The van der Waals surface area contributed by atoms with Crippen LogP contribution in [0.25, 0.3) is 0 Å². The summed E-state index contributed by atoms with van der Waals surface area (Å²) >= 11 is 0. The first-order valence-corrected chi connectivity index (χ1v) is 4.39. The van der Waals surface area contributed by atoms with Gasteiger partial charge in [0.25, 0.3) is 0 Å². The van der Waals surface area contributed by atoms with Crippen LogP contribution in [0.4, 0.5) is 0 Å². The highest BCUT2D eigenvalue weighted by molar-refractivity contribution is 4.99. The number of allylic oxidation sites excluding steroid dienone is 2. The second kappa shape index (κ2) is 6.71. The van der Waals surface area contributed by atoms with Crippen LogP contribution >= 0.6 is 0 Å². The number of rotatable bonds is 5. The summed E-state index contributed by atoms with van der Waals surface area (Å²) in [7, 11) is 0. The molecule has 0 rings (SSSR count). The van der Waals surface area contributed by atoms with Gasteiger partial charge in [-0.2, -0.15) is 0 Å². The topological polar surface area (TPSA) is 3.24 Å². The first-order chi connectivity index (χ1) is 5.70. The molecule has 0 amide bonds. The maximum atomic E-state index is 3.71. The van der Waals surface area contributed by atoms with E-state index < -0.39 is 0 Å². The highest BCUT2D eigenvalue weighted by Gasteiger charge is 1.89. The number of nitrogens with zero attached hydrogens (tertiary/aromatic N) is 1. The van der Waals surface area contributed by atoms with Crippen LogP contribution in [0.15, 0.2) is 36.7 Å². The summed E-state index contributed by atoms with van der Waals surface area (Å²) in [6.45, 7) is 10.9. The van der Waals surface area contributed by atoms with Crippen molar-refractivity contribution in [2.45, 2.75) is 27.2 Å². The van der Waals surface area contributed by atoms with Crippen LogP contribution in [0, 0.1) is 0 Å². The molecule has 0 N–H and O–H groups in total. The normalized spacial score (nSPS) is 9.92. The van der Waals surface area contributed by atoms with Crippen LogP contribution in [0.5, 0.6) is 0 Å². The van der Waals surface area contributed by atoms with E-state index in [9.17, 15) is 0 Å². The van der Waals surface area contributed by atoms with Crippen LogP contribution in [-0.2, 0) is 0 Å². The van der Waals surface area contributed by atoms with E-state index in [1.165, 1.54) is 5.57 Å². The van der Waals surface area contributed by atoms with Gasteiger partial charge in [-0.3, -0.25) is 0 Å². The standard InChI is InChI=1S/C11H19N/c1-5-7-9-12(8-6-2)10-11(3)4/h6-7,9-10H,2,5,8H2,1,3-4H3/b9-7+. The third-order valence-corrected chi connectivity index (χ3v) is 1.30. The predicted molar refractivity (Wildman–Crippen MR) is 55.8 cm³/mol. The Hall–Kier alpha value is -0.980. The molecule has 0 heterocycles. The summed E-state index contributed by atoms with van der Waals surface area (Å²) in [5.41, 5.74) is 1.30. The summed E-state index contributed by atoms with van der Waals surface area (Å²) < 4.78 is 0.